The number of phenols is 1. The lowest BCUT2D eigenvalue weighted by molar-refractivity contribution is -0.0249. The van der Waals surface area contributed by atoms with Gasteiger partial charge in [0.25, 0.3) is 5.91 Å². The molecule has 1 aromatic carbocycles. The molecule has 1 aromatic rings. The second-order valence-corrected chi connectivity index (χ2v) is 8.70. The number of benzene rings is 1. The van der Waals surface area contributed by atoms with Crippen LogP contribution < -0.4 is 0 Å². The van der Waals surface area contributed by atoms with Gasteiger partial charge in [0.05, 0.1) is 11.7 Å². The summed E-state index contributed by atoms with van der Waals surface area (Å²) in [6.45, 7) is 7.46. The zero-order valence-corrected chi connectivity index (χ0v) is 16.3. The van der Waals surface area contributed by atoms with Gasteiger partial charge in [0, 0.05) is 45.3 Å². The first-order valence-electron chi connectivity index (χ1n) is 10.1. The summed E-state index contributed by atoms with van der Waals surface area (Å²) in [4.78, 5) is 19.6. The highest BCUT2D eigenvalue weighted by Gasteiger charge is 2.45. The third kappa shape index (κ3) is 3.71. The number of aliphatic hydroxyl groups is 1. The van der Waals surface area contributed by atoms with E-state index in [1.807, 2.05) is 17.9 Å². The number of hydrogen-bond donors (Lipinski definition) is 2. The molecule has 0 unspecified atom stereocenters. The van der Waals surface area contributed by atoms with Gasteiger partial charge in [0.2, 0.25) is 0 Å². The number of aromatic hydroxyl groups is 1. The molecule has 1 saturated carbocycles. The Labute approximate surface area is 161 Å². The molecule has 6 nitrogen and oxygen atoms in total. The Kier molecular flexibility index (Phi) is 5.14. The smallest absolute Gasteiger partial charge is 0.257 e. The highest BCUT2D eigenvalue weighted by molar-refractivity contribution is 5.97. The van der Waals surface area contributed by atoms with Crippen LogP contribution in [0, 0.1) is 18.8 Å². The van der Waals surface area contributed by atoms with Gasteiger partial charge in [-0.25, -0.2) is 0 Å². The van der Waals surface area contributed by atoms with Gasteiger partial charge < -0.3 is 20.0 Å². The van der Waals surface area contributed by atoms with Crippen molar-refractivity contribution in [3.8, 4) is 5.75 Å². The number of phenolic OH excluding ortho intramolecular Hbond substituents is 1. The van der Waals surface area contributed by atoms with Gasteiger partial charge in [-0.2, -0.15) is 0 Å². The van der Waals surface area contributed by atoms with Crippen LogP contribution in [0.1, 0.15) is 28.8 Å². The lowest BCUT2D eigenvalue weighted by Crippen LogP contribution is -2.55. The number of hydrogen-bond acceptors (Lipinski definition) is 5. The fraction of sp³-hybridized carbons (Fsp3) is 0.667. The highest BCUT2D eigenvalue weighted by Crippen LogP contribution is 2.39. The first kappa shape index (κ1) is 18.7. The summed E-state index contributed by atoms with van der Waals surface area (Å²) in [5.74, 6) is 0.764. The largest absolute Gasteiger partial charge is 0.507 e. The summed E-state index contributed by atoms with van der Waals surface area (Å²) in [5, 5.41) is 20.9. The van der Waals surface area contributed by atoms with E-state index < -0.39 is 0 Å². The Hall–Kier alpha value is -1.63. The van der Waals surface area contributed by atoms with Crippen LogP contribution in [0.2, 0.25) is 0 Å². The van der Waals surface area contributed by atoms with Crippen molar-refractivity contribution in [1.29, 1.82) is 0 Å². The fourth-order valence-electron chi connectivity index (χ4n) is 5.11. The number of fused-ring (bicyclic) bond motifs is 1. The maximum absolute atomic E-state index is 13.0. The Morgan fingerprint density at radius 2 is 1.74 bits per heavy atom. The minimum Gasteiger partial charge on any atom is -0.507 e. The van der Waals surface area contributed by atoms with Crippen LogP contribution in [0.25, 0.3) is 0 Å². The SMILES string of the molecule is Cc1ccc(O)c(C(=O)N2C[C@H]3C[C@@H](N4CCN(C)CC4)[C@H](O)C[C@H]3C2)c1. The maximum Gasteiger partial charge on any atom is 0.257 e. The molecule has 4 rings (SSSR count). The zero-order chi connectivity index (χ0) is 19.1. The number of aryl methyl sites for hydroxylation is 1. The molecule has 1 aliphatic carbocycles. The Balaban J connectivity index is 1.44. The summed E-state index contributed by atoms with van der Waals surface area (Å²) in [6.07, 6.45) is 1.42. The number of carbonyl (C=O) groups is 1. The molecular weight excluding hydrogens is 342 g/mol. The van der Waals surface area contributed by atoms with Crippen molar-refractivity contribution >= 4 is 5.91 Å². The molecule has 2 saturated heterocycles. The van der Waals surface area contributed by atoms with Gasteiger partial charge in [-0.05, 0) is 50.8 Å². The van der Waals surface area contributed by atoms with E-state index in [4.69, 9.17) is 0 Å². The predicted molar refractivity (Wildman–Crippen MR) is 104 cm³/mol. The van der Waals surface area contributed by atoms with Crippen LogP contribution in [-0.4, -0.2) is 89.3 Å². The van der Waals surface area contributed by atoms with Crippen molar-refractivity contribution in [3.05, 3.63) is 29.3 Å². The number of aliphatic hydroxyl groups excluding tert-OH is 1. The van der Waals surface area contributed by atoms with Crippen LogP contribution in [0.15, 0.2) is 18.2 Å². The first-order valence-corrected chi connectivity index (χ1v) is 10.1. The van der Waals surface area contributed by atoms with E-state index in [1.165, 1.54) is 0 Å². The van der Waals surface area contributed by atoms with Crippen molar-refractivity contribution < 1.29 is 15.0 Å². The van der Waals surface area contributed by atoms with Gasteiger partial charge in [-0.1, -0.05) is 11.6 Å². The lowest BCUT2D eigenvalue weighted by Gasteiger charge is -2.44. The van der Waals surface area contributed by atoms with E-state index >= 15 is 0 Å². The van der Waals surface area contributed by atoms with Crippen LogP contribution in [0.3, 0.4) is 0 Å². The number of nitrogens with zero attached hydrogens (tertiary/aromatic N) is 3. The van der Waals surface area contributed by atoms with Gasteiger partial charge >= 0.3 is 0 Å². The second kappa shape index (κ2) is 7.41. The molecule has 0 spiro atoms. The third-order valence-electron chi connectivity index (χ3n) is 6.79. The van der Waals surface area contributed by atoms with E-state index in [2.05, 4.69) is 16.8 Å². The van der Waals surface area contributed by atoms with E-state index in [1.54, 1.807) is 12.1 Å². The molecule has 27 heavy (non-hydrogen) atoms. The second-order valence-electron chi connectivity index (χ2n) is 8.70. The summed E-state index contributed by atoms with van der Waals surface area (Å²) >= 11 is 0. The van der Waals surface area contributed by atoms with E-state index in [9.17, 15) is 15.0 Å². The maximum atomic E-state index is 13.0. The van der Waals surface area contributed by atoms with Gasteiger partial charge in [0.1, 0.15) is 5.75 Å². The Bertz CT molecular complexity index is 702. The van der Waals surface area contributed by atoms with Crippen molar-refractivity contribution in [1.82, 2.24) is 14.7 Å². The number of amides is 1. The van der Waals surface area contributed by atoms with E-state index in [0.717, 1.165) is 51.1 Å². The number of likely N-dealkylation sites (tertiary alicyclic amines) is 1. The van der Waals surface area contributed by atoms with Crippen LogP contribution >= 0.6 is 0 Å². The topological polar surface area (TPSA) is 67.2 Å². The molecule has 0 aromatic heterocycles. The molecule has 0 radical (unpaired) electrons. The Morgan fingerprint density at radius 3 is 2.44 bits per heavy atom. The molecule has 0 bridgehead atoms. The summed E-state index contributed by atoms with van der Waals surface area (Å²) in [5.41, 5.74) is 1.36. The molecular formula is C21H31N3O3. The molecule has 148 valence electrons. The van der Waals surface area contributed by atoms with Crippen LogP contribution in [-0.2, 0) is 0 Å². The average molecular weight is 373 g/mol. The molecule has 2 N–H and O–H groups in total. The highest BCUT2D eigenvalue weighted by atomic mass is 16.3. The summed E-state index contributed by atoms with van der Waals surface area (Å²) < 4.78 is 0. The van der Waals surface area contributed by atoms with Crippen molar-refractivity contribution in [3.63, 3.8) is 0 Å². The minimum absolute atomic E-state index is 0.0517. The molecule has 2 aliphatic heterocycles. The fourth-order valence-corrected chi connectivity index (χ4v) is 5.11. The molecule has 1 amide bonds. The van der Waals surface area contributed by atoms with Crippen LogP contribution in [0.5, 0.6) is 5.75 Å². The molecule has 6 heteroatoms. The van der Waals surface area contributed by atoms with Gasteiger partial charge in [0.15, 0.2) is 0 Å². The number of carbonyl (C=O) groups excluding carboxylic acids is 1. The minimum atomic E-state index is -0.308. The monoisotopic (exact) mass is 373 g/mol. The van der Waals surface area contributed by atoms with Gasteiger partial charge in [-0.3, -0.25) is 9.69 Å². The van der Waals surface area contributed by atoms with Crippen LogP contribution in [0.4, 0.5) is 0 Å². The number of likely N-dealkylation sites (N-methyl/N-ethyl adjacent to an activating group) is 1. The number of rotatable bonds is 2. The molecule has 2 heterocycles. The normalized spacial score (nSPS) is 32.5. The van der Waals surface area contributed by atoms with Gasteiger partial charge in [-0.15, -0.1) is 0 Å². The molecule has 3 aliphatic rings. The van der Waals surface area contributed by atoms with E-state index in [-0.39, 0.29) is 23.8 Å². The lowest BCUT2D eigenvalue weighted by atomic mass is 9.77. The molecule has 4 atom stereocenters. The summed E-state index contributed by atoms with van der Waals surface area (Å²) in [6, 6.07) is 5.38. The van der Waals surface area contributed by atoms with Crippen molar-refractivity contribution in [2.45, 2.75) is 31.9 Å². The standard InChI is InChI=1S/C21H31N3O3/c1-14-3-4-19(25)17(9-14)21(27)24-12-15-10-18(20(26)11-16(15)13-24)23-7-5-22(2)6-8-23/h3-4,9,15-16,18,20,25-26H,5-8,10-13H2,1-2H3/t15-,16+,18-,20-/m1/s1. The third-order valence-corrected chi connectivity index (χ3v) is 6.79. The number of piperazine rings is 1. The van der Waals surface area contributed by atoms with Crippen molar-refractivity contribution in [2.24, 2.45) is 11.8 Å². The van der Waals surface area contributed by atoms with E-state index in [0.29, 0.717) is 23.9 Å². The average Bonchev–Trinajstić information content (AvgIpc) is 3.06. The quantitative estimate of drug-likeness (QED) is 0.814. The Morgan fingerprint density at radius 1 is 1.07 bits per heavy atom. The van der Waals surface area contributed by atoms with Crippen molar-refractivity contribution in [2.75, 3.05) is 46.3 Å². The predicted octanol–water partition coefficient (Wildman–Crippen LogP) is 1.16. The first-order chi connectivity index (χ1) is 12.9. The summed E-state index contributed by atoms with van der Waals surface area (Å²) in [7, 11) is 2.14. The zero-order valence-electron chi connectivity index (χ0n) is 16.3. The molecule has 3 fully saturated rings.